The van der Waals surface area contributed by atoms with Gasteiger partial charge in [0.25, 0.3) is 0 Å². The number of benzene rings is 1. The van der Waals surface area contributed by atoms with Gasteiger partial charge in [0.2, 0.25) is 0 Å². The zero-order chi connectivity index (χ0) is 13.6. The maximum absolute atomic E-state index is 13.4. The number of hydrogen-bond acceptors (Lipinski definition) is 0. The van der Waals surface area contributed by atoms with Crippen LogP contribution in [0.25, 0.3) is 10.1 Å². The third-order valence-corrected chi connectivity index (χ3v) is 6.20. The van der Waals surface area contributed by atoms with Crippen molar-refractivity contribution in [3.8, 4) is 0 Å². The van der Waals surface area contributed by atoms with Crippen LogP contribution in [0.3, 0.4) is 0 Å². The molecule has 1 aliphatic rings. The van der Waals surface area contributed by atoms with E-state index < -0.39 is 16.0 Å². The third kappa shape index (κ3) is 2.44. The van der Waals surface area contributed by atoms with Crippen LogP contribution in [0.5, 0.6) is 0 Å². The topological polar surface area (TPSA) is 0 Å². The van der Waals surface area contributed by atoms with Crippen molar-refractivity contribution in [3.05, 3.63) is 34.7 Å². The first kappa shape index (κ1) is 15.6. The van der Waals surface area contributed by atoms with Gasteiger partial charge < -0.3 is 12.4 Å². The Morgan fingerprint density at radius 1 is 1.25 bits per heavy atom. The maximum Gasteiger partial charge on any atom is 0.600 e. The molecule has 0 spiro atoms. The first-order valence-corrected chi connectivity index (χ1v) is 7.89. The van der Waals surface area contributed by atoms with Crippen molar-refractivity contribution < 1.29 is 25.6 Å². The molecule has 1 atom stereocenters. The molecular formula is C15H16ClF3S. The van der Waals surface area contributed by atoms with Crippen LogP contribution in [-0.4, -0.2) is 0 Å². The Morgan fingerprint density at radius 3 is 2.45 bits per heavy atom. The Balaban J connectivity index is 0.00000147. The van der Waals surface area contributed by atoms with E-state index in [1.54, 1.807) is 12.1 Å². The van der Waals surface area contributed by atoms with Crippen molar-refractivity contribution in [2.75, 3.05) is 0 Å². The largest absolute Gasteiger partial charge is 1.00 e. The van der Waals surface area contributed by atoms with Gasteiger partial charge in [0.05, 0.1) is 10.5 Å². The number of fused-ring (bicyclic) bond motifs is 1. The summed E-state index contributed by atoms with van der Waals surface area (Å²) in [6.45, 7) is 2.00. The van der Waals surface area contributed by atoms with Crippen LogP contribution in [-0.2, 0) is 11.9 Å². The Morgan fingerprint density at radius 2 is 1.95 bits per heavy atom. The molecule has 1 unspecified atom stereocenters. The summed E-state index contributed by atoms with van der Waals surface area (Å²) in [6.07, 6.45) is 3.68. The number of aryl methyl sites for hydroxylation is 1. The van der Waals surface area contributed by atoms with E-state index in [2.05, 4.69) is 0 Å². The highest BCUT2D eigenvalue weighted by Gasteiger charge is 2.50. The summed E-state index contributed by atoms with van der Waals surface area (Å²) in [5.41, 5.74) is -3.10. The lowest BCUT2D eigenvalue weighted by Crippen LogP contribution is -3.00. The highest BCUT2D eigenvalue weighted by molar-refractivity contribution is 7.38. The monoisotopic (exact) mass is 320 g/mol. The first-order valence-electron chi connectivity index (χ1n) is 6.67. The van der Waals surface area contributed by atoms with E-state index in [4.69, 9.17) is 0 Å². The molecule has 1 fully saturated rings. The average molecular weight is 321 g/mol. The van der Waals surface area contributed by atoms with Crippen LogP contribution in [0.2, 0.25) is 0 Å². The first-order chi connectivity index (χ1) is 9.02. The van der Waals surface area contributed by atoms with Gasteiger partial charge in [-0.1, -0.05) is 25.5 Å². The van der Waals surface area contributed by atoms with Gasteiger partial charge in [0.1, 0.15) is 0 Å². The maximum atomic E-state index is 13.4. The molecule has 0 bridgehead atoms. The van der Waals surface area contributed by atoms with Gasteiger partial charge in [0.15, 0.2) is 9.58 Å². The van der Waals surface area contributed by atoms with Crippen molar-refractivity contribution in [1.82, 2.24) is 0 Å². The molecule has 1 heterocycles. The smallest absolute Gasteiger partial charge is 0.600 e. The molecule has 0 amide bonds. The summed E-state index contributed by atoms with van der Waals surface area (Å²) < 4.78 is 40.7. The number of halogens is 4. The Hall–Kier alpha value is -0.740. The number of rotatable bonds is 2. The summed E-state index contributed by atoms with van der Waals surface area (Å²) >= 11 is 0. The summed E-state index contributed by atoms with van der Waals surface area (Å²) in [7, 11) is -1.69. The van der Waals surface area contributed by atoms with E-state index in [0.29, 0.717) is 9.58 Å². The molecule has 0 N–H and O–H groups in total. The fourth-order valence-electron chi connectivity index (χ4n) is 2.80. The highest BCUT2D eigenvalue weighted by Crippen LogP contribution is 2.56. The highest BCUT2D eigenvalue weighted by atomic mass is 35.5. The molecule has 5 heteroatoms. The predicted octanol–water partition coefficient (Wildman–Crippen LogP) is 2.90. The van der Waals surface area contributed by atoms with Gasteiger partial charge in [-0.2, -0.15) is 0 Å². The average Bonchev–Trinajstić information content (AvgIpc) is 2.64. The lowest BCUT2D eigenvalue weighted by Gasteiger charge is -2.21. The summed E-state index contributed by atoms with van der Waals surface area (Å²) in [5, 5.41) is 0.840. The second kappa shape index (κ2) is 5.57. The summed E-state index contributed by atoms with van der Waals surface area (Å²) in [6, 6.07) is 7.21. The van der Waals surface area contributed by atoms with Gasteiger partial charge in [-0.15, -0.1) is 13.2 Å². The minimum absolute atomic E-state index is 0. The van der Waals surface area contributed by atoms with Gasteiger partial charge in [-0.3, -0.25) is 0 Å². The number of alkyl halides is 3. The molecule has 0 saturated heterocycles. The van der Waals surface area contributed by atoms with E-state index in [0.717, 1.165) is 36.6 Å². The Labute approximate surface area is 125 Å². The quantitative estimate of drug-likeness (QED) is 0.746. The summed E-state index contributed by atoms with van der Waals surface area (Å²) in [5.74, 6) is 0.155. The molecule has 0 nitrogen and oxygen atoms in total. The zero-order valence-electron chi connectivity index (χ0n) is 11.1. The van der Waals surface area contributed by atoms with Crippen LogP contribution in [0.15, 0.2) is 24.3 Å². The van der Waals surface area contributed by atoms with E-state index >= 15 is 0 Å². The van der Waals surface area contributed by atoms with E-state index in [1.165, 1.54) is 0 Å². The molecule has 20 heavy (non-hydrogen) atoms. The molecule has 1 aromatic carbocycles. The summed E-state index contributed by atoms with van der Waals surface area (Å²) in [4.78, 5) is 0.634. The van der Waals surface area contributed by atoms with Crippen LogP contribution in [0.4, 0.5) is 13.2 Å². The van der Waals surface area contributed by atoms with Crippen molar-refractivity contribution in [2.24, 2.45) is 0 Å². The molecule has 110 valence electrons. The Kier molecular flexibility index (Phi) is 4.35. The van der Waals surface area contributed by atoms with Gasteiger partial charge >= 0.3 is 5.51 Å². The van der Waals surface area contributed by atoms with Crippen molar-refractivity contribution >= 4 is 20.6 Å². The molecule has 0 aliphatic heterocycles. The molecular weight excluding hydrogens is 305 g/mol. The molecule has 1 aliphatic carbocycles. The van der Waals surface area contributed by atoms with E-state index in [1.807, 2.05) is 19.1 Å². The van der Waals surface area contributed by atoms with Crippen LogP contribution >= 0.6 is 10.5 Å². The molecule has 1 aromatic heterocycles. The molecule has 0 radical (unpaired) electrons. The van der Waals surface area contributed by atoms with Crippen molar-refractivity contribution in [1.29, 1.82) is 0 Å². The predicted molar refractivity (Wildman–Crippen MR) is 73.7 cm³/mol. The SMILES string of the molecule is CCc1cccc2c1cc(C1CCC1)[s+]2C(F)(F)F.[Cl-]. The molecule has 2 aromatic rings. The van der Waals surface area contributed by atoms with Crippen LogP contribution in [0, 0.1) is 0 Å². The standard InChI is InChI=1S/C15H16F3S.ClH/c1-2-10-5-4-8-13-12(10)9-14(11-6-3-7-11)19(13)15(16,17)18;/h4-5,8-9,11H,2-3,6-7H2,1H3;1H/q+1;/p-1. The van der Waals surface area contributed by atoms with Crippen LogP contribution < -0.4 is 12.4 Å². The lowest BCUT2D eigenvalue weighted by molar-refractivity contribution is -0.0868. The normalized spacial score (nSPS) is 16.9. The van der Waals surface area contributed by atoms with Gasteiger partial charge in [-0.05, 0) is 30.9 Å². The fraction of sp³-hybridized carbons (Fsp3) is 0.467. The third-order valence-electron chi connectivity index (χ3n) is 4.02. The van der Waals surface area contributed by atoms with E-state index in [-0.39, 0.29) is 18.3 Å². The van der Waals surface area contributed by atoms with Crippen LogP contribution in [0.1, 0.15) is 42.5 Å². The fourth-order valence-corrected chi connectivity index (χ4v) is 5.00. The van der Waals surface area contributed by atoms with Gasteiger partial charge in [0, 0.05) is 17.4 Å². The number of thiophene rings is 1. The minimum Gasteiger partial charge on any atom is -1.00 e. The van der Waals surface area contributed by atoms with Gasteiger partial charge in [-0.25, -0.2) is 0 Å². The lowest BCUT2D eigenvalue weighted by atomic mass is 9.84. The second-order valence-electron chi connectivity index (χ2n) is 5.11. The second-order valence-corrected chi connectivity index (χ2v) is 7.10. The molecule has 3 rings (SSSR count). The van der Waals surface area contributed by atoms with Crippen molar-refractivity contribution in [3.63, 3.8) is 0 Å². The Bertz CT molecular complexity index is 611. The molecule has 1 saturated carbocycles. The minimum atomic E-state index is -4.14. The number of hydrogen-bond donors (Lipinski definition) is 0. The zero-order valence-corrected chi connectivity index (χ0v) is 12.7. The van der Waals surface area contributed by atoms with Crippen molar-refractivity contribution in [2.45, 2.75) is 44.0 Å². The van der Waals surface area contributed by atoms with E-state index in [9.17, 15) is 13.2 Å².